The highest BCUT2D eigenvalue weighted by molar-refractivity contribution is 6.44. The Hall–Kier alpha value is -1.26. The molecule has 1 aromatic rings. The first-order valence-electron chi connectivity index (χ1n) is 6.87. The van der Waals surface area contributed by atoms with Gasteiger partial charge in [-0.2, -0.15) is 0 Å². The molecular weight excluding hydrogens is 315 g/mol. The molecule has 1 saturated carbocycles. The summed E-state index contributed by atoms with van der Waals surface area (Å²) in [5, 5.41) is 8.81. The first-order valence-corrected chi connectivity index (χ1v) is 7.63. The number of carbonyl (C=O) groups is 2. The van der Waals surface area contributed by atoms with Crippen LogP contribution in [0.2, 0.25) is 10.0 Å². The third-order valence-corrected chi connectivity index (χ3v) is 4.50. The second-order valence-electron chi connectivity index (χ2n) is 5.12. The molecule has 1 aromatic carbocycles. The summed E-state index contributed by atoms with van der Waals surface area (Å²) in [7, 11) is 0. The highest BCUT2D eigenvalue weighted by Gasteiger charge is 2.25. The van der Waals surface area contributed by atoms with Gasteiger partial charge in [0.2, 0.25) is 0 Å². The van der Waals surface area contributed by atoms with Gasteiger partial charge in [-0.15, -0.1) is 0 Å². The second-order valence-corrected chi connectivity index (χ2v) is 5.88. The molecule has 0 aromatic heterocycles. The lowest BCUT2D eigenvalue weighted by Gasteiger charge is -2.21. The Balaban J connectivity index is 2.19. The van der Waals surface area contributed by atoms with Crippen LogP contribution in [0.5, 0.6) is 5.75 Å². The van der Waals surface area contributed by atoms with Crippen molar-refractivity contribution < 1.29 is 19.4 Å². The lowest BCUT2D eigenvalue weighted by atomic mass is 9.84. The van der Waals surface area contributed by atoms with Gasteiger partial charge in [-0.05, 0) is 25.0 Å². The number of rotatable bonds is 5. The van der Waals surface area contributed by atoms with E-state index in [1.165, 1.54) is 12.5 Å². The average molecular weight is 331 g/mol. The van der Waals surface area contributed by atoms with Crippen molar-refractivity contribution in [1.82, 2.24) is 0 Å². The molecule has 0 spiro atoms. The molecule has 0 amide bonds. The summed E-state index contributed by atoms with van der Waals surface area (Å²) in [6, 6.07) is 3.05. The fourth-order valence-corrected chi connectivity index (χ4v) is 3.03. The lowest BCUT2D eigenvalue weighted by molar-refractivity contribution is -0.139. The van der Waals surface area contributed by atoms with Gasteiger partial charge >= 0.3 is 5.97 Å². The number of Topliss-reactive ketones (excluding diaryl/α,β-unsaturated/α-hetero) is 1. The molecule has 1 fully saturated rings. The molecule has 0 heterocycles. The Morgan fingerprint density at radius 3 is 2.43 bits per heavy atom. The van der Waals surface area contributed by atoms with Crippen molar-refractivity contribution in [2.24, 2.45) is 5.92 Å². The lowest BCUT2D eigenvalue weighted by Crippen LogP contribution is -2.18. The summed E-state index contributed by atoms with van der Waals surface area (Å²) < 4.78 is 5.03. The van der Waals surface area contributed by atoms with Crippen molar-refractivity contribution in [2.45, 2.75) is 32.1 Å². The van der Waals surface area contributed by atoms with E-state index in [9.17, 15) is 9.59 Å². The summed E-state index contributed by atoms with van der Waals surface area (Å²) in [5.41, 5.74) is 0.385. The fourth-order valence-electron chi connectivity index (χ4n) is 2.56. The molecule has 21 heavy (non-hydrogen) atoms. The van der Waals surface area contributed by atoms with E-state index in [1.54, 1.807) is 6.07 Å². The predicted molar refractivity (Wildman–Crippen MR) is 80.5 cm³/mol. The Morgan fingerprint density at radius 1 is 1.14 bits per heavy atom. The average Bonchev–Trinajstić information content (AvgIpc) is 2.49. The minimum Gasteiger partial charge on any atom is -0.480 e. The highest BCUT2D eigenvalue weighted by Crippen LogP contribution is 2.37. The molecule has 0 radical (unpaired) electrons. The molecule has 0 saturated heterocycles. The molecule has 1 N–H and O–H groups in total. The number of aliphatic carboxylic acids is 1. The number of hydrogen-bond acceptors (Lipinski definition) is 3. The number of carboxylic acids is 1. The summed E-state index contributed by atoms with van der Waals surface area (Å²) in [6.45, 7) is -0.508. The van der Waals surface area contributed by atoms with Gasteiger partial charge in [-0.1, -0.05) is 42.5 Å². The van der Waals surface area contributed by atoms with Crippen molar-refractivity contribution in [3.63, 3.8) is 0 Å². The van der Waals surface area contributed by atoms with Crippen LogP contribution in [0.15, 0.2) is 12.1 Å². The maximum atomic E-state index is 12.5. The van der Waals surface area contributed by atoms with Gasteiger partial charge in [0.1, 0.15) is 10.8 Å². The maximum absolute atomic E-state index is 12.5. The summed E-state index contributed by atoms with van der Waals surface area (Å²) in [5.74, 6) is -0.932. The Morgan fingerprint density at radius 2 is 1.81 bits per heavy atom. The van der Waals surface area contributed by atoms with Crippen molar-refractivity contribution >= 4 is 35.0 Å². The molecule has 0 aliphatic heterocycles. The van der Waals surface area contributed by atoms with E-state index in [2.05, 4.69) is 0 Å². The highest BCUT2D eigenvalue weighted by atomic mass is 35.5. The van der Waals surface area contributed by atoms with E-state index in [0.29, 0.717) is 5.56 Å². The predicted octanol–water partition coefficient (Wildman–Crippen LogP) is 4.22. The number of benzene rings is 1. The fraction of sp³-hybridized carbons (Fsp3) is 0.467. The van der Waals surface area contributed by atoms with E-state index in [4.69, 9.17) is 33.0 Å². The minimum absolute atomic E-state index is 0.00175. The monoisotopic (exact) mass is 330 g/mol. The smallest absolute Gasteiger partial charge is 0.341 e. The maximum Gasteiger partial charge on any atom is 0.341 e. The molecule has 114 valence electrons. The van der Waals surface area contributed by atoms with Crippen LogP contribution in [0.4, 0.5) is 0 Å². The van der Waals surface area contributed by atoms with E-state index >= 15 is 0 Å². The zero-order valence-electron chi connectivity index (χ0n) is 11.4. The van der Waals surface area contributed by atoms with E-state index in [-0.39, 0.29) is 27.5 Å². The van der Waals surface area contributed by atoms with Crippen LogP contribution >= 0.6 is 23.2 Å². The number of ketones is 1. The van der Waals surface area contributed by atoms with E-state index in [1.807, 2.05) is 0 Å². The first-order chi connectivity index (χ1) is 10.0. The SMILES string of the molecule is O=C(O)COc1ccc(C(=O)C2CCCCC2)c(Cl)c1Cl. The molecule has 0 unspecified atom stereocenters. The second kappa shape index (κ2) is 7.14. The molecule has 2 rings (SSSR count). The van der Waals surface area contributed by atoms with Crippen molar-refractivity contribution in [3.8, 4) is 5.75 Å². The van der Waals surface area contributed by atoms with Crippen molar-refractivity contribution in [1.29, 1.82) is 0 Å². The Kier molecular flexibility index (Phi) is 5.48. The largest absolute Gasteiger partial charge is 0.480 e. The van der Waals surface area contributed by atoms with Gasteiger partial charge in [0, 0.05) is 11.5 Å². The van der Waals surface area contributed by atoms with Crippen LogP contribution in [-0.4, -0.2) is 23.5 Å². The molecule has 0 bridgehead atoms. The minimum atomic E-state index is -1.11. The van der Waals surface area contributed by atoms with Gasteiger partial charge in [-0.3, -0.25) is 4.79 Å². The van der Waals surface area contributed by atoms with Crippen LogP contribution in [0, 0.1) is 5.92 Å². The van der Waals surface area contributed by atoms with Crippen molar-refractivity contribution in [2.75, 3.05) is 6.61 Å². The molecule has 6 heteroatoms. The Bertz CT molecular complexity index is 551. The van der Waals surface area contributed by atoms with Crippen LogP contribution in [-0.2, 0) is 4.79 Å². The molecule has 0 atom stereocenters. The van der Waals surface area contributed by atoms with Crippen molar-refractivity contribution in [3.05, 3.63) is 27.7 Å². The van der Waals surface area contributed by atoms with Gasteiger partial charge < -0.3 is 9.84 Å². The summed E-state index contributed by atoms with van der Waals surface area (Å²) in [6.07, 6.45) is 5.04. The normalized spacial score (nSPS) is 15.7. The van der Waals surface area contributed by atoms with Crippen LogP contribution in [0.1, 0.15) is 42.5 Å². The number of ether oxygens (including phenoxy) is 1. The summed E-state index contributed by atoms with van der Waals surface area (Å²) in [4.78, 5) is 23.0. The number of hydrogen-bond donors (Lipinski definition) is 1. The van der Waals surface area contributed by atoms with Gasteiger partial charge in [-0.25, -0.2) is 4.79 Å². The zero-order valence-corrected chi connectivity index (χ0v) is 12.9. The third-order valence-electron chi connectivity index (χ3n) is 3.64. The van der Waals surface area contributed by atoms with Crippen LogP contribution in [0.25, 0.3) is 0 Å². The molecule has 1 aliphatic rings. The summed E-state index contributed by atoms with van der Waals surface area (Å²) >= 11 is 12.2. The van der Waals surface area contributed by atoms with Crippen LogP contribution < -0.4 is 4.74 Å². The molecule has 4 nitrogen and oxygen atoms in total. The molecule has 1 aliphatic carbocycles. The molecular formula is C15H16Cl2O4. The van der Waals surface area contributed by atoms with Crippen LogP contribution in [0.3, 0.4) is 0 Å². The van der Waals surface area contributed by atoms with Gasteiger partial charge in [0.15, 0.2) is 12.4 Å². The third kappa shape index (κ3) is 3.89. The topological polar surface area (TPSA) is 63.6 Å². The quantitative estimate of drug-likeness (QED) is 0.821. The number of carbonyl (C=O) groups excluding carboxylic acids is 1. The van der Waals surface area contributed by atoms with Gasteiger partial charge in [0.05, 0.1) is 5.02 Å². The van der Waals surface area contributed by atoms with E-state index in [0.717, 1.165) is 25.7 Å². The number of halogens is 2. The first kappa shape index (κ1) is 16.1. The Labute approximate surface area is 133 Å². The van der Waals surface area contributed by atoms with Gasteiger partial charge in [0.25, 0.3) is 0 Å². The zero-order chi connectivity index (χ0) is 15.4. The van der Waals surface area contributed by atoms with E-state index < -0.39 is 12.6 Å². The number of carboxylic acid groups (broad SMARTS) is 1. The standard InChI is InChI=1S/C15H16Cl2O4/c16-13-10(15(20)9-4-2-1-3-5-9)6-7-11(14(13)17)21-8-12(18)19/h6-7,9H,1-5,8H2,(H,18,19).